The minimum absolute atomic E-state index is 0.204. The molecule has 0 saturated carbocycles. The third kappa shape index (κ3) is 9.59. The first kappa shape index (κ1) is 38.6. The van der Waals surface area contributed by atoms with Crippen molar-refractivity contribution in [2.75, 3.05) is 80.6 Å². The summed E-state index contributed by atoms with van der Waals surface area (Å²) in [6.45, 7) is 10.3. The van der Waals surface area contributed by atoms with E-state index in [-0.39, 0.29) is 17.9 Å². The minimum Gasteiger partial charge on any atom is -0.494 e. The zero-order valence-corrected chi connectivity index (χ0v) is 33.2. The maximum Gasteiger partial charge on any atom is 0.249 e. The van der Waals surface area contributed by atoms with Crippen molar-refractivity contribution in [3.63, 3.8) is 0 Å². The lowest BCUT2D eigenvalue weighted by atomic mass is 10.0. The number of piperidine rings is 2. The van der Waals surface area contributed by atoms with Crippen LogP contribution in [-0.4, -0.2) is 103 Å². The molecule has 2 amide bonds. The van der Waals surface area contributed by atoms with Crippen LogP contribution in [0.15, 0.2) is 72.9 Å². The molecule has 55 heavy (non-hydrogen) atoms. The van der Waals surface area contributed by atoms with Gasteiger partial charge in [-0.15, -0.1) is 0 Å². The smallest absolute Gasteiger partial charge is 0.249 e. The molecule has 1 atom stereocenters. The number of amides is 2. The maximum atomic E-state index is 12.9. The van der Waals surface area contributed by atoms with Gasteiger partial charge >= 0.3 is 0 Å². The summed E-state index contributed by atoms with van der Waals surface area (Å²) in [6.07, 6.45) is 4.68. The Morgan fingerprint density at radius 2 is 1.69 bits per heavy atom. The number of piperazine rings is 1. The number of nitrogens with one attached hydrogen (secondary N) is 4. The van der Waals surface area contributed by atoms with E-state index in [9.17, 15) is 14.2 Å². The van der Waals surface area contributed by atoms with Gasteiger partial charge in [-0.2, -0.15) is 4.98 Å². The van der Waals surface area contributed by atoms with Gasteiger partial charge < -0.3 is 30.2 Å². The lowest BCUT2D eigenvalue weighted by Crippen LogP contribution is -2.53. The average Bonchev–Trinajstić information content (AvgIpc) is 3.18. The summed E-state index contributed by atoms with van der Waals surface area (Å²) in [5, 5.41) is 13.3. The molecule has 13 nitrogen and oxygen atoms in total. The number of benzene rings is 3. The predicted molar refractivity (Wildman–Crippen MR) is 220 cm³/mol. The summed E-state index contributed by atoms with van der Waals surface area (Å²) in [5.74, 6) is 0.980. The van der Waals surface area contributed by atoms with Crippen molar-refractivity contribution < 1.29 is 18.9 Å². The van der Waals surface area contributed by atoms with Crippen LogP contribution >= 0.6 is 18.7 Å². The lowest BCUT2D eigenvalue weighted by molar-refractivity contribution is -0.133. The van der Waals surface area contributed by atoms with E-state index in [1.807, 2.05) is 42.5 Å². The van der Waals surface area contributed by atoms with Crippen molar-refractivity contribution in [2.24, 2.45) is 0 Å². The molecule has 0 aliphatic carbocycles. The molecule has 3 aliphatic heterocycles. The van der Waals surface area contributed by atoms with E-state index in [0.717, 1.165) is 81.0 Å². The Labute approximate surface area is 327 Å². The van der Waals surface area contributed by atoms with Crippen LogP contribution in [0.3, 0.4) is 0 Å². The summed E-state index contributed by atoms with van der Waals surface area (Å²) >= 11 is 6.48. The Bertz CT molecular complexity index is 2060. The Morgan fingerprint density at radius 1 is 0.909 bits per heavy atom. The Hall–Kier alpha value is -4.68. The number of carbonyl (C=O) groups is 2. The Balaban J connectivity index is 0.901. The number of imide groups is 1. The molecule has 4 heterocycles. The van der Waals surface area contributed by atoms with Gasteiger partial charge in [-0.1, -0.05) is 35.9 Å². The Morgan fingerprint density at radius 3 is 2.44 bits per heavy atom. The highest BCUT2D eigenvalue weighted by Gasteiger charge is 2.29. The van der Waals surface area contributed by atoms with Crippen LogP contribution in [0.1, 0.15) is 31.2 Å². The molecule has 4 aromatic rings. The van der Waals surface area contributed by atoms with E-state index < -0.39 is 7.14 Å². The number of likely N-dealkylation sites (tertiary alicyclic amines) is 1. The largest absolute Gasteiger partial charge is 0.494 e. The molecule has 1 unspecified atom stereocenters. The fourth-order valence-electron chi connectivity index (χ4n) is 7.63. The normalized spacial score (nSPS) is 18.8. The first-order valence-corrected chi connectivity index (χ1v) is 21.8. The van der Waals surface area contributed by atoms with Crippen molar-refractivity contribution >= 4 is 70.4 Å². The first-order chi connectivity index (χ1) is 26.5. The number of aromatic nitrogens is 2. The number of carbonyl (C=O) groups excluding carboxylic acids is 2. The van der Waals surface area contributed by atoms with E-state index >= 15 is 0 Å². The molecule has 0 bridgehead atoms. The molecule has 3 aliphatic rings. The van der Waals surface area contributed by atoms with Gasteiger partial charge in [0.15, 0.2) is 5.82 Å². The van der Waals surface area contributed by atoms with E-state index in [4.69, 9.17) is 16.3 Å². The van der Waals surface area contributed by atoms with Gasteiger partial charge in [-0.25, -0.2) is 4.98 Å². The van der Waals surface area contributed by atoms with E-state index in [1.165, 1.54) is 11.8 Å². The number of rotatable bonds is 12. The highest BCUT2D eigenvalue weighted by molar-refractivity contribution is 7.70. The van der Waals surface area contributed by atoms with Crippen molar-refractivity contribution in [3.8, 4) is 5.75 Å². The maximum absolute atomic E-state index is 12.9. The second-order valence-corrected chi connectivity index (χ2v) is 18.4. The van der Waals surface area contributed by atoms with Gasteiger partial charge in [-0.05, 0) is 87.6 Å². The SMILES string of the molecule is COc1cc(N2CCN(C3CCN(Cc4cccc(NC5CCC(=O)NC5=O)c4)CC3)CC2)ccc1Nc1ncc(Cl)c(Nc2ccccc2P(C)(C)=O)n1. The molecule has 3 aromatic carbocycles. The fraction of sp³-hybridized carbons (Fsp3) is 0.400. The molecule has 3 fully saturated rings. The molecule has 0 spiro atoms. The topological polar surface area (TPSA) is 144 Å². The zero-order chi connectivity index (χ0) is 38.5. The van der Waals surface area contributed by atoms with E-state index in [2.05, 4.69) is 70.2 Å². The lowest BCUT2D eigenvalue weighted by Gasteiger charge is -2.43. The van der Waals surface area contributed by atoms with Crippen molar-refractivity contribution in [2.45, 2.75) is 44.3 Å². The van der Waals surface area contributed by atoms with Crippen LogP contribution in [0.5, 0.6) is 5.75 Å². The molecular formula is C40H49ClN9O4P. The van der Waals surface area contributed by atoms with Gasteiger partial charge in [0.2, 0.25) is 17.8 Å². The Kier molecular flexibility index (Phi) is 11.9. The molecular weight excluding hydrogens is 737 g/mol. The first-order valence-electron chi connectivity index (χ1n) is 18.8. The third-order valence-corrected chi connectivity index (χ3v) is 12.4. The number of nitrogens with zero attached hydrogens (tertiary/aromatic N) is 5. The molecule has 7 rings (SSSR count). The van der Waals surface area contributed by atoms with Crippen molar-refractivity contribution in [1.82, 2.24) is 25.1 Å². The number of anilines is 6. The van der Waals surface area contributed by atoms with Gasteiger partial charge in [0.05, 0.1) is 24.7 Å². The van der Waals surface area contributed by atoms with Crippen LogP contribution in [0.4, 0.5) is 34.5 Å². The number of halogens is 1. The number of methoxy groups -OCH3 is 1. The zero-order valence-electron chi connectivity index (χ0n) is 31.6. The summed E-state index contributed by atoms with van der Waals surface area (Å²) in [5.41, 5.74) is 4.65. The van der Waals surface area contributed by atoms with E-state index in [0.29, 0.717) is 47.1 Å². The number of ether oxygens (including phenoxy) is 1. The fourth-order valence-corrected chi connectivity index (χ4v) is 8.92. The monoisotopic (exact) mass is 785 g/mol. The van der Waals surface area contributed by atoms with E-state index in [1.54, 1.807) is 20.4 Å². The predicted octanol–water partition coefficient (Wildman–Crippen LogP) is 5.88. The second-order valence-electron chi connectivity index (χ2n) is 14.8. The molecule has 15 heteroatoms. The van der Waals surface area contributed by atoms with Crippen LogP contribution in [-0.2, 0) is 20.7 Å². The highest BCUT2D eigenvalue weighted by atomic mass is 35.5. The summed E-state index contributed by atoms with van der Waals surface area (Å²) < 4.78 is 18.7. The standard InChI is InChI=1S/C40H49ClN9O4P/c1-54-35-24-30(11-12-32(35)45-40-42-25-31(41)38(47-40)44-33-9-4-5-10-36(33)55(2,3)53)50-21-19-49(20-22-50)29-15-17-48(18-16-29)26-27-7-6-8-28(23-27)43-34-13-14-37(51)46-39(34)52/h4-12,23-25,29,34,43H,13-22,26H2,1-3H3,(H,46,51,52)(H2,42,44,45,47). The minimum atomic E-state index is -2.54. The summed E-state index contributed by atoms with van der Waals surface area (Å²) in [4.78, 5) is 40.3. The third-order valence-electron chi connectivity index (χ3n) is 10.6. The van der Waals surface area contributed by atoms with Crippen LogP contribution in [0, 0.1) is 0 Å². The number of para-hydroxylation sites is 1. The molecule has 4 N–H and O–H groups in total. The van der Waals surface area contributed by atoms with Gasteiger partial charge in [0.1, 0.15) is 24.0 Å². The molecule has 3 saturated heterocycles. The summed E-state index contributed by atoms with van der Waals surface area (Å²) in [7, 11) is -0.883. The van der Waals surface area contributed by atoms with Gasteiger partial charge in [-0.3, -0.25) is 24.7 Å². The van der Waals surface area contributed by atoms with Crippen molar-refractivity contribution in [1.29, 1.82) is 0 Å². The van der Waals surface area contributed by atoms with Crippen molar-refractivity contribution in [3.05, 3.63) is 83.5 Å². The molecule has 1 aromatic heterocycles. The quantitative estimate of drug-likeness (QED) is 0.101. The van der Waals surface area contributed by atoms with Crippen LogP contribution in [0.2, 0.25) is 5.02 Å². The van der Waals surface area contributed by atoms with Gasteiger partial charge in [0, 0.05) is 67.9 Å². The van der Waals surface area contributed by atoms with Crippen LogP contribution in [0.25, 0.3) is 0 Å². The highest BCUT2D eigenvalue weighted by Crippen LogP contribution is 2.39. The molecule has 290 valence electrons. The average molecular weight is 786 g/mol. The molecule has 0 radical (unpaired) electrons. The number of hydrogen-bond acceptors (Lipinski definition) is 12. The summed E-state index contributed by atoms with van der Waals surface area (Å²) in [6, 6.07) is 22.0. The van der Waals surface area contributed by atoms with Crippen LogP contribution < -0.4 is 36.2 Å². The second kappa shape index (κ2) is 17.0. The van der Waals surface area contributed by atoms with Gasteiger partial charge in [0.25, 0.3) is 0 Å². The number of hydrogen-bond donors (Lipinski definition) is 4.